The maximum atomic E-state index is 15.1. The van der Waals surface area contributed by atoms with Crippen molar-refractivity contribution in [1.82, 2.24) is 14.5 Å². The van der Waals surface area contributed by atoms with Crippen molar-refractivity contribution in [3.8, 4) is 11.1 Å². The lowest BCUT2D eigenvalue weighted by Crippen LogP contribution is -2.26. The number of benzene rings is 1. The van der Waals surface area contributed by atoms with Crippen molar-refractivity contribution in [3.63, 3.8) is 0 Å². The first-order valence-corrected chi connectivity index (χ1v) is 7.36. The Balaban J connectivity index is 1.96. The van der Waals surface area contributed by atoms with Crippen molar-refractivity contribution in [3.05, 3.63) is 36.0 Å². The molecule has 0 atom stereocenters. The Morgan fingerprint density at radius 2 is 2.12 bits per heavy atom. The first-order valence-electron chi connectivity index (χ1n) is 7.36. The molecule has 0 spiro atoms. The number of hydrogen-bond acceptors (Lipinski definition) is 4. The number of amides is 1. The highest BCUT2D eigenvalue weighted by atomic mass is 19.1. The minimum Gasteiger partial charge on any atom is -0.465 e. The maximum absolute atomic E-state index is 15.1. The highest BCUT2D eigenvalue weighted by Crippen LogP contribution is 2.39. The van der Waals surface area contributed by atoms with Gasteiger partial charge in [0.2, 0.25) is 0 Å². The summed E-state index contributed by atoms with van der Waals surface area (Å²) in [6.45, 7) is 0.256. The van der Waals surface area contributed by atoms with Gasteiger partial charge >= 0.3 is 6.09 Å². The number of nitrogens with two attached hydrogens (primary N) is 1. The first-order chi connectivity index (χ1) is 11.5. The van der Waals surface area contributed by atoms with Crippen LogP contribution in [0.1, 0.15) is 5.56 Å². The van der Waals surface area contributed by atoms with Gasteiger partial charge in [-0.05, 0) is 18.6 Å². The Morgan fingerprint density at radius 3 is 2.88 bits per heavy atom. The normalized spacial score (nSPS) is 13.5. The van der Waals surface area contributed by atoms with Crippen molar-refractivity contribution in [2.45, 2.75) is 6.42 Å². The van der Waals surface area contributed by atoms with Crippen molar-refractivity contribution in [1.29, 1.82) is 0 Å². The molecule has 0 radical (unpaired) electrons. The van der Waals surface area contributed by atoms with E-state index in [-0.39, 0.29) is 12.4 Å². The molecule has 1 amide bonds. The van der Waals surface area contributed by atoms with Gasteiger partial charge in [-0.3, -0.25) is 4.90 Å². The van der Waals surface area contributed by atoms with Crippen LogP contribution >= 0.6 is 0 Å². The summed E-state index contributed by atoms with van der Waals surface area (Å²) in [5.74, 6) is -0.144. The van der Waals surface area contributed by atoms with Gasteiger partial charge in [-0.25, -0.2) is 19.2 Å². The second kappa shape index (κ2) is 4.92. The summed E-state index contributed by atoms with van der Waals surface area (Å²) in [6.07, 6.45) is 2.39. The third-order valence-corrected chi connectivity index (χ3v) is 4.40. The number of rotatable bonds is 1. The maximum Gasteiger partial charge on any atom is 0.411 e. The third-order valence-electron chi connectivity index (χ3n) is 4.40. The molecule has 0 saturated carbocycles. The lowest BCUT2D eigenvalue weighted by atomic mass is 10.0. The zero-order valence-corrected chi connectivity index (χ0v) is 12.8. The Morgan fingerprint density at radius 1 is 1.33 bits per heavy atom. The fraction of sp³-hybridized carbons (Fsp3) is 0.188. The highest BCUT2D eigenvalue weighted by Gasteiger charge is 2.29. The number of carboxylic acid groups (broad SMARTS) is 1. The van der Waals surface area contributed by atoms with Crippen molar-refractivity contribution in [2.75, 3.05) is 17.2 Å². The molecule has 0 aliphatic carbocycles. The van der Waals surface area contributed by atoms with E-state index < -0.39 is 11.9 Å². The number of nitrogens with zero attached hydrogens (tertiary/aromatic N) is 4. The van der Waals surface area contributed by atoms with E-state index >= 15 is 4.39 Å². The van der Waals surface area contributed by atoms with Gasteiger partial charge in [-0.1, -0.05) is 0 Å². The molecular weight excluding hydrogens is 313 g/mol. The third kappa shape index (κ3) is 1.86. The van der Waals surface area contributed by atoms with Crippen LogP contribution in [0.2, 0.25) is 0 Å². The smallest absolute Gasteiger partial charge is 0.411 e. The zero-order valence-electron chi connectivity index (χ0n) is 12.8. The van der Waals surface area contributed by atoms with Gasteiger partial charge in [-0.15, -0.1) is 0 Å². The van der Waals surface area contributed by atoms with E-state index in [2.05, 4.69) is 9.97 Å². The number of halogens is 1. The molecule has 24 heavy (non-hydrogen) atoms. The summed E-state index contributed by atoms with van der Waals surface area (Å²) in [5.41, 5.74) is 8.34. The Kier molecular flexibility index (Phi) is 2.96. The lowest BCUT2D eigenvalue weighted by Gasteiger charge is -2.13. The van der Waals surface area contributed by atoms with E-state index in [9.17, 15) is 9.90 Å². The molecule has 0 saturated heterocycles. The molecule has 0 bridgehead atoms. The van der Waals surface area contributed by atoms with E-state index in [0.29, 0.717) is 39.8 Å². The minimum atomic E-state index is -1.08. The number of fused-ring (bicyclic) bond motifs is 2. The van der Waals surface area contributed by atoms with Crippen molar-refractivity contribution >= 4 is 28.6 Å². The van der Waals surface area contributed by atoms with E-state index in [4.69, 9.17) is 5.73 Å². The largest absolute Gasteiger partial charge is 0.465 e. The van der Waals surface area contributed by atoms with E-state index in [1.807, 2.05) is 0 Å². The molecule has 3 aromatic rings. The molecule has 0 fully saturated rings. The van der Waals surface area contributed by atoms with Gasteiger partial charge in [-0.2, -0.15) is 0 Å². The molecule has 8 heteroatoms. The Bertz CT molecular complexity index is 998. The topological polar surface area (TPSA) is 97.3 Å². The second-order valence-electron chi connectivity index (χ2n) is 5.72. The van der Waals surface area contributed by atoms with Crippen LogP contribution in [-0.2, 0) is 13.5 Å². The molecule has 4 rings (SSSR count). The zero-order chi connectivity index (χ0) is 17.0. The van der Waals surface area contributed by atoms with E-state index in [1.165, 1.54) is 6.33 Å². The van der Waals surface area contributed by atoms with Crippen molar-refractivity contribution in [2.24, 2.45) is 7.05 Å². The number of hydrogen-bond donors (Lipinski definition) is 2. The average molecular weight is 327 g/mol. The molecule has 2 aromatic heterocycles. The summed E-state index contributed by atoms with van der Waals surface area (Å²) < 4.78 is 16.8. The fourth-order valence-corrected chi connectivity index (χ4v) is 3.29. The van der Waals surface area contributed by atoms with Crippen LogP contribution in [0, 0.1) is 5.82 Å². The monoisotopic (exact) mass is 327 g/mol. The average Bonchev–Trinajstić information content (AvgIpc) is 3.11. The summed E-state index contributed by atoms with van der Waals surface area (Å²) in [7, 11) is 1.80. The number of aromatic nitrogens is 3. The molecule has 0 unspecified atom stereocenters. The molecular formula is C16H14FN5O2. The van der Waals surface area contributed by atoms with Crippen LogP contribution in [0.15, 0.2) is 24.7 Å². The summed E-state index contributed by atoms with van der Waals surface area (Å²) in [4.78, 5) is 20.6. The van der Waals surface area contributed by atoms with Gasteiger partial charge in [0.05, 0.1) is 11.1 Å². The lowest BCUT2D eigenvalue weighted by molar-refractivity contribution is 0.202. The Labute approximate surface area is 136 Å². The van der Waals surface area contributed by atoms with Crippen LogP contribution in [0.25, 0.3) is 22.2 Å². The number of nitrogen functional groups attached to an aromatic ring is 1. The van der Waals surface area contributed by atoms with Gasteiger partial charge in [0.25, 0.3) is 0 Å². The first kappa shape index (κ1) is 14.4. The van der Waals surface area contributed by atoms with E-state index in [0.717, 1.165) is 4.90 Å². The summed E-state index contributed by atoms with van der Waals surface area (Å²) in [5, 5.41) is 9.78. The number of carbonyl (C=O) groups is 1. The van der Waals surface area contributed by atoms with Crippen LogP contribution in [0.4, 0.5) is 20.7 Å². The predicted molar refractivity (Wildman–Crippen MR) is 87.4 cm³/mol. The van der Waals surface area contributed by atoms with Crippen LogP contribution in [0.5, 0.6) is 0 Å². The van der Waals surface area contributed by atoms with E-state index in [1.54, 1.807) is 29.9 Å². The predicted octanol–water partition coefficient (Wildman–Crippen LogP) is 2.40. The fourth-order valence-electron chi connectivity index (χ4n) is 3.29. The van der Waals surface area contributed by atoms with Crippen LogP contribution in [-0.4, -0.2) is 32.3 Å². The Hall–Kier alpha value is -3.16. The molecule has 1 aromatic carbocycles. The number of aryl methyl sites for hydroxylation is 1. The molecule has 3 heterocycles. The van der Waals surface area contributed by atoms with Gasteiger partial charge < -0.3 is 15.4 Å². The van der Waals surface area contributed by atoms with Gasteiger partial charge in [0.1, 0.15) is 23.6 Å². The van der Waals surface area contributed by atoms with Crippen LogP contribution in [0.3, 0.4) is 0 Å². The van der Waals surface area contributed by atoms with Gasteiger partial charge in [0, 0.05) is 36.5 Å². The minimum absolute atomic E-state index is 0.256. The SMILES string of the molecule is Cn1cc(-c2ccc3c(c2F)CCN3C(=O)O)c2c(N)ncnc21. The molecule has 122 valence electrons. The van der Waals surface area contributed by atoms with Crippen LogP contribution < -0.4 is 10.6 Å². The molecule has 1 aliphatic rings. The van der Waals surface area contributed by atoms with Gasteiger partial charge in [0.15, 0.2) is 0 Å². The highest BCUT2D eigenvalue weighted by molar-refractivity contribution is 6.01. The summed E-state index contributed by atoms with van der Waals surface area (Å²) in [6, 6.07) is 3.21. The quantitative estimate of drug-likeness (QED) is 0.715. The molecule has 3 N–H and O–H groups in total. The standard InChI is InChI=1S/C16H14FN5O2/c1-21-6-10(12-14(18)19-7-20-15(12)21)8-2-3-11-9(13(8)17)4-5-22(11)16(23)24/h2-3,6-7H,4-5H2,1H3,(H,23,24)(H2,18,19,20). The molecule has 7 nitrogen and oxygen atoms in total. The summed E-state index contributed by atoms with van der Waals surface area (Å²) >= 11 is 0. The molecule has 1 aliphatic heterocycles. The van der Waals surface area contributed by atoms with Crippen molar-refractivity contribution < 1.29 is 14.3 Å². The second-order valence-corrected chi connectivity index (χ2v) is 5.72. The number of anilines is 2.